The van der Waals surface area contributed by atoms with E-state index in [1.165, 1.54) is 12.1 Å². The first-order valence-corrected chi connectivity index (χ1v) is 9.28. The zero-order chi connectivity index (χ0) is 20.0. The average Bonchev–Trinajstić information content (AvgIpc) is 2.68. The number of benzene rings is 2. The van der Waals surface area contributed by atoms with Crippen molar-refractivity contribution in [1.82, 2.24) is 10.2 Å². The maximum Gasteiger partial charge on any atom is 0.573 e. The lowest BCUT2D eigenvalue weighted by Gasteiger charge is -2.31. The number of nitrogens with one attached hydrogen (secondary N) is 1. The van der Waals surface area contributed by atoms with E-state index >= 15 is 0 Å². The van der Waals surface area contributed by atoms with Crippen molar-refractivity contribution >= 4 is 5.91 Å². The summed E-state index contributed by atoms with van der Waals surface area (Å²) >= 11 is 0. The molecule has 2 aromatic rings. The van der Waals surface area contributed by atoms with Crippen molar-refractivity contribution in [3.8, 4) is 5.75 Å². The molecule has 0 spiro atoms. The Hall–Kier alpha value is -2.54. The van der Waals surface area contributed by atoms with E-state index in [4.69, 9.17) is 0 Å². The van der Waals surface area contributed by atoms with Crippen LogP contribution in [-0.2, 0) is 17.9 Å². The molecule has 4 nitrogen and oxygen atoms in total. The normalized spacial score (nSPS) is 16.0. The van der Waals surface area contributed by atoms with Crippen LogP contribution in [0.2, 0.25) is 0 Å². The van der Waals surface area contributed by atoms with E-state index in [1.807, 2.05) is 30.3 Å². The fraction of sp³-hybridized carbons (Fsp3) is 0.381. The van der Waals surface area contributed by atoms with Crippen LogP contribution in [0.15, 0.2) is 54.6 Å². The molecule has 0 atom stereocenters. The Morgan fingerprint density at radius 3 is 2.25 bits per heavy atom. The van der Waals surface area contributed by atoms with Gasteiger partial charge in [0.15, 0.2) is 0 Å². The molecule has 0 aromatic heterocycles. The Morgan fingerprint density at radius 2 is 1.64 bits per heavy atom. The second-order valence-corrected chi connectivity index (χ2v) is 6.95. The third kappa shape index (κ3) is 6.27. The molecule has 1 N–H and O–H groups in total. The lowest BCUT2D eigenvalue weighted by atomic mass is 9.95. The summed E-state index contributed by atoms with van der Waals surface area (Å²) in [4.78, 5) is 14.6. The summed E-state index contributed by atoms with van der Waals surface area (Å²) in [7, 11) is 0. The van der Waals surface area contributed by atoms with E-state index in [0.717, 1.165) is 37.1 Å². The molecule has 0 radical (unpaired) electrons. The van der Waals surface area contributed by atoms with Gasteiger partial charge in [-0.1, -0.05) is 42.5 Å². The minimum Gasteiger partial charge on any atom is -0.406 e. The zero-order valence-corrected chi connectivity index (χ0v) is 15.4. The predicted octanol–water partition coefficient (Wildman–Crippen LogP) is 4.11. The molecule has 0 saturated carbocycles. The van der Waals surface area contributed by atoms with Crippen LogP contribution in [0.25, 0.3) is 0 Å². The molecule has 0 unspecified atom stereocenters. The molecule has 0 bridgehead atoms. The molecule has 3 rings (SSSR count). The maximum absolute atomic E-state index is 12.4. The van der Waals surface area contributed by atoms with Gasteiger partial charge in [-0.25, -0.2) is 0 Å². The first kappa shape index (κ1) is 20.2. The monoisotopic (exact) mass is 392 g/mol. The number of hydrogen-bond acceptors (Lipinski definition) is 3. The van der Waals surface area contributed by atoms with E-state index in [-0.39, 0.29) is 17.6 Å². The van der Waals surface area contributed by atoms with Crippen LogP contribution in [0, 0.1) is 5.92 Å². The van der Waals surface area contributed by atoms with Crippen molar-refractivity contribution in [2.45, 2.75) is 32.3 Å². The van der Waals surface area contributed by atoms with Crippen molar-refractivity contribution in [1.29, 1.82) is 0 Å². The molecule has 150 valence electrons. The molecule has 0 aliphatic carbocycles. The van der Waals surface area contributed by atoms with Crippen LogP contribution in [0.5, 0.6) is 5.75 Å². The number of alkyl halides is 3. The number of carbonyl (C=O) groups excluding carboxylic acids is 1. The van der Waals surface area contributed by atoms with Gasteiger partial charge in [0.05, 0.1) is 0 Å². The smallest absolute Gasteiger partial charge is 0.406 e. The van der Waals surface area contributed by atoms with Gasteiger partial charge in [0.1, 0.15) is 5.75 Å². The Balaban J connectivity index is 1.42. The lowest BCUT2D eigenvalue weighted by molar-refractivity contribution is -0.274. The van der Waals surface area contributed by atoms with E-state index in [9.17, 15) is 18.0 Å². The number of piperidine rings is 1. The molecule has 7 heteroatoms. The summed E-state index contributed by atoms with van der Waals surface area (Å²) in [5.41, 5.74) is 1.99. The van der Waals surface area contributed by atoms with E-state index in [1.54, 1.807) is 12.1 Å². The maximum atomic E-state index is 12.4. The van der Waals surface area contributed by atoms with E-state index in [0.29, 0.717) is 13.1 Å². The topological polar surface area (TPSA) is 41.6 Å². The summed E-state index contributed by atoms with van der Waals surface area (Å²) in [5.74, 6) is -0.135. The minimum atomic E-state index is -4.68. The fourth-order valence-corrected chi connectivity index (χ4v) is 3.34. The van der Waals surface area contributed by atoms with Gasteiger partial charge in [-0.15, -0.1) is 13.2 Å². The van der Waals surface area contributed by atoms with Crippen LogP contribution >= 0.6 is 0 Å². The predicted molar refractivity (Wildman–Crippen MR) is 99.4 cm³/mol. The molecule has 28 heavy (non-hydrogen) atoms. The number of hydrogen-bond donors (Lipinski definition) is 1. The number of ether oxygens (including phenoxy) is 1. The second kappa shape index (κ2) is 9.10. The summed E-state index contributed by atoms with van der Waals surface area (Å²) in [5, 5.41) is 2.99. The molecule has 1 saturated heterocycles. The van der Waals surface area contributed by atoms with Gasteiger partial charge in [0, 0.05) is 19.0 Å². The molecule has 1 heterocycles. The van der Waals surface area contributed by atoms with Crippen molar-refractivity contribution in [2.24, 2.45) is 5.92 Å². The number of halogens is 3. The quantitative estimate of drug-likeness (QED) is 0.804. The standard InChI is InChI=1S/C21H23F3N2O2/c22-21(23,24)28-19-8-6-17(7-9-19)15-26-12-10-18(11-13-26)20(27)25-14-16-4-2-1-3-5-16/h1-9,18H,10-15H2,(H,25,27). The number of carbonyl (C=O) groups is 1. The van der Waals surface area contributed by atoms with Crippen LogP contribution in [-0.4, -0.2) is 30.3 Å². The average molecular weight is 392 g/mol. The van der Waals surface area contributed by atoms with Crippen molar-refractivity contribution in [3.05, 3.63) is 65.7 Å². The minimum absolute atomic E-state index is 0.00234. The van der Waals surface area contributed by atoms with Gasteiger partial charge in [-0.3, -0.25) is 9.69 Å². The highest BCUT2D eigenvalue weighted by Gasteiger charge is 2.31. The highest BCUT2D eigenvalue weighted by molar-refractivity contribution is 5.78. The Morgan fingerprint density at radius 1 is 1.00 bits per heavy atom. The highest BCUT2D eigenvalue weighted by atomic mass is 19.4. The highest BCUT2D eigenvalue weighted by Crippen LogP contribution is 2.24. The van der Waals surface area contributed by atoms with E-state index < -0.39 is 6.36 Å². The number of nitrogens with zero attached hydrogens (tertiary/aromatic N) is 1. The van der Waals surface area contributed by atoms with Crippen molar-refractivity contribution < 1.29 is 22.7 Å². The zero-order valence-electron chi connectivity index (χ0n) is 15.4. The number of rotatable bonds is 6. The molecular formula is C21H23F3N2O2. The van der Waals surface area contributed by atoms with Gasteiger partial charge >= 0.3 is 6.36 Å². The summed E-state index contributed by atoms with van der Waals surface area (Å²) in [6.07, 6.45) is -3.13. The number of amides is 1. The molecular weight excluding hydrogens is 369 g/mol. The molecule has 1 amide bonds. The van der Waals surface area contributed by atoms with Gasteiger partial charge in [-0.05, 0) is 49.2 Å². The van der Waals surface area contributed by atoms with Crippen LogP contribution in [0.3, 0.4) is 0 Å². The first-order chi connectivity index (χ1) is 13.4. The van der Waals surface area contributed by atoms with Gasteiger partial charge in [0.25, 0.3) is 0 Å². The Bertz CT molecular complexity index is 755. The van der Waals surface area contributed by atoms with Gasteiger partial charge in [0.2, 0.25) is 5.91 Å². The Kier molecular flexibility index (Phi) is 6.57. The van der Waals surface area contributed by atoms with Gasteiger partial charge in [-0.2, -0.15) is 0 Å². The van der Waals surface area contributed by atoms with Crippen LogP contribution in [0.1, 0.15) is 24.0 Å². The van der Waals surface area contributed by atoms with Crippen LogP contribution < -0.4 is 10.1 Å². The molecule has 2 aromatic carbocycles. The molecule has 1 aliphatic heterocycles. The van der Waals surface area contributed by atoms with Crippen molar-refractivity contribution in [3.63, 3.8) is 0 Å². The SMILES string of the molecule is O=C(NCc1ccccc1)C1CCN(Cc2ccc(OC(F)(F)F)cc2)CC1. The largest absolute Gasteiger partial charge is 0.573 e. The van der Waals surface area contributed by atoms with Crippen molar-refractivity contribution in [2.75, 3.05) is 13.1 Å². The van der Waals surface area contributed by atoms with Gasteiger partial charge < -0.3 is 10.1 Å². The number of likely N-dealkylation sites (tertiary alicyclic amines) is 1. The second-order valence-electron chi connectivity index (χ2n) is 6.95. The third-order valence-corrected chi connectivity index (χ3v) is 4.83. The Labute approximate surface area is 162 Å². The van der Waals surface area contributed by atoms with Crippen LogP contribution in [0.4, 0.5) is 13.2 Å². The third-order valence-electron chi connectivity index (χ3n) is 4.83. The summed E-state index contributed by atoms with van der Waals surface area (Å²) in [6.45, 7) is 2.74. The first-order valence-electron chi connectivity index (χ1n) is 9.28. The fourth-order valence-electron chi connectivity index (χ4n) is 3.34. The summed E-state index contributed by atoms with van der Waals surface area (Å²) < 4.78 is 40.5. The molecule has 1 aliphatic rings. The summed E-state index contributed by atoms with van der Waals surface area (Å²) in [6, 6.07) is 15.7. The molecule has 1 fully saturated rings. The lowest BCUT2D eigenvalue weighted by Crippen LogP contribution is -2.40. The van der Waals surface area contributed by atoms with E-state index in [2.05, 4.69) is 15.0 Å².